The van der Waals surface area contributed by atoms with Gasteiger partial charge in [0.25, 0.3) is 0 Å². The predicted molar refractivity (Wildman–Crippen MR) is 46.7 cm³/mol. The highest BCUT2D eigenvalue weighted by Gasteiger charge is 2.35. The van der Waals surface area contributed by atoms with Crippen LogP contribution in [-0.4, -0.2) is 30.1 Å². The quantitative estimate of drug-likeness (QED) is 0.522. The van der Waals surface area contributed by atoms with Crippen LogP contribution in [0.5, 0.6) is 0 Å². The molecule has 0 aliphatic rings. The Morgan fingerprint density at radius 2 is 1.77 bits per heavy atom. The molecule has 0 amide bonds. The second-order valence-electron chi connectivity index (χ2n) is 3.27. The fourth-order valence-electron chi connectivity index (χ4n) is 0.553. The van der Waals surface area contributed by atoms with Crippen molar-refractivity contribution in [2.24, 2.45) is 0 Å². The first-order valence-corrected chi connectivity index (χ1v) is 5.06. The van der Waals surface area contributed by atoms with Crippen molar-refractivity contribution < 1.29 is 28.1 Å². The summed E-state index contributed by atoms with van der Waals surface area (Å²) in [6.45, 7) is 4.89. The molecule has 0 rings (SSSR count). The van der Waals surface area contributed by atoms with Crippen molar-refractivity contribution in [1.29, 1.82) is 0 Å². The van der Waals surface area contributed by atoms with Crippen molar-refractivity contribution in [2.75, 3.05) is 7.11 Å². The van der Waals surface area contributed by atoms with E-state index in [0.29, 0.717) is 0 Å². The van der Waals surface area contributed by atoms with Gasteiger partial charge in [-0.3, -0.25) is 13.5 Å². The zero-order valence-electron chi connectivity index (χ0n) is 8.05. The summed E-state index contributed by atoms with van der Waals surface area (Å²) in [7, 11) is -4.97. The van der Waals surface area contributed by atoms with Gasteiger partial charge in [0.15, 0.2) is 0 Å². The average Bonchev–Trinajstić information content (AvgIpc) is 1.81. The zero-order chi connectivity index (χ0) is 10.7. The molecule has 6 nitrogen and oxygen atoms in total. The first-order valence-electron chi connectivity index (χ1n) is 3.59. The summed E-state index contributed by atoms with van der Waals surface area (Å²) in [5, 5.41) is 16.8. The van der Waals surface area contributed by atoms with Crippen molar-refractivity contribution in [3.8, 4) is 0 Å². The summed E-state index contributed by atoms with van der Waals surface area (Å²) in [6.07, 6.45) is 0. The minimum absolute atomic E-state index is 0.763. The van der Waals surface area contributed by atoms with E-state index in [-0.39, 0.29) is 0 Å². The molecule has 13 heavy (non-hydrogen) atoms. The molecule has 8 heteroatoms. The van der Waals surface area contributed by atoms with Gasteiger partial charge < -0.3 is 10.0 Å². The minimum atomic E-state index is -3.88. The molecule has 0 saturated carbocycles. The Bertz CT molecular complexity index is 200. The van der Waals surface area contributed by atoms with Gasteiger partial charge in [0.05, 0.1) is 5.60 Å². The van der Waals surface area contributed by atoms with Crippen LogP contribution in [0.15, 0.2) is 0 Å². The van der Waals surface area contributed by atoms with Gasteiger partial charge in [-0.15, -0.1) is 0 Å². The van der Waals surface area contributed by atoms with E-state index in [9.17, 15) is 4.57 Å². The van der Waals surface area contributed by atoms with Crippen LogP contribution < -0.4 is 0 Å². The molecule has 1 unspecified atom stereocenters. The predicted octanol–water partition coefficient (Wildman–Crippen LogP) is 0.542. The first kappa shape index (κ1) is 13.1. The summed E-state index contributed by atoms with van der Waals surface area (Å²) in [5.74, 6) is 0. The fraction of sp³-hybridized carbons (Fsp3) is 1.00. The van der Waals surface area contributed by atoms with E-state index >= 15 is 0 Å². The Morgan fingerprint density at radius 1 is 1.31 bits per heavy atom. The van der Waals surface area contributed by atoms with Crippen LogP contribution in [0.3, 0.4) is 0 Å². The highest BCUT2D eigenvalue weighted by molar-refractivity contribution is 7.49. The molecule has 0 fully saturated rings. The van der Waals surface area contributed by atoms with Gasteiger partial charge in [0.1, 0.15) is 0 Å². The molecule has 0 aromatic carbocycles. The van der Waals surface area contributed by atoms with E-state index in [1.807, 2.05) is 0 Å². The number of phosphoric ester groups is 1. The molecule has 0 saturated heterocycles. The molecule has 0 aromatic heterocycles. The van der Waals surface area contributed by atoms with E-state index in [1.165, 1.54) is 0 Å². The summed E-state index contributed by atoms with van der Waals surface area (Å²) in [4.78, 5) is 0. The Hall–Kier alpha value is 0.0949. The molecule has 1 atom stereocenters. The molecule has 0 aliphatic carbocycles. The lowest BCUT2D eigenvalue weighted by Crippen LogP contribution is -2.23. The second kappa shape index (κ2) is 4.55. The van der Waals surface area contributed by atoms with Crippen molar-refractivity contribution >= 4 is 15.1 Å². The van der Waals surface area contributed by atoms with Crippen molar-refractivity contribution in [3.63, 3.8) is 0 Å². The molecule has 0 aliphatic heterocycles. The van der Waals surface area contributed by atoms with E-state index in [0.717, 1.165) is 7.11 Å². The molecular formula is C5H14BO6P. The normalized spacial score (nSPS) is 16.8. The number of phosphoric acid groups is 1. The lowest BCUT2D eigenvalue weighted by Gasteiger charge is -2.24. The van der Waals surface area contributed by atoms with Gasteiger partial charge in [-0.25, -0.2) is 4.57 Å². The van der Waals surface area contributed by atoms with Crippen molar-refractivity contribution in [1.82, 2.24) is 0 Å². The van der Waals surface area contributed by atoms with Crippen molar-refractivity contribution in [2.45, 2.75) is 26.4 Å². The van der Waals surface area contributed by atoms with Crippen LogP contribution in [0.2, 0.25) is 0 Å². The van der Waals surface area contributed by atoms with Crippen molar-refractivity contribution in [3.05, 3.63) is 0 Å². The first-order chi connectivity index (χ1) is 5.68. The second-order valence-corrected chi connectivity index (χ2v) is 4.92. The Morgan fingerprint density at radius 3 is 2.00 bits per heavy atom. The maximum atomic E-state index is 11.4. The maximum Gasteiger partial charge on any atom is 0.642 e. The summed E-state index contributed by atoms with van der Waals surface area (Å²) in [5.41, 5.74) is -0.763. The Kier molecular flexibility index (Phi) is 4.58. The van der Waals surface area contributed by atoms with Crippen LogP contribution in [0.4, 0.5) is 0 Å². The third-order valence-electron chi connectivity index (χ3n) is 0.833. The van der Waals surface area contributed by atoms with Crippen LogP contribution in [0.25, 0.3) is 0 Å². The Labute approximate surface area is 77.6 Å². The zero-order valence-corrected chi connectivity index (χ0v) is 8.95. The number of rotatable bonds is 4. The monoisotopic (exact) mass is 212 g/mol. The summed E-state index contributed by atoms with van der Waals surface area (Å²) < 4.78 is 24.9. The maximum absolute atomic E-state index is 11.4. The van der Waals surface area contributed by atoms with Crippen LogP contribution in [0.1, 0.15) is 20.8 Å². The van der Waals surface area contributed by atoms with Gasteiger partial charge in [0, 0.05) is 7.11 Å². The van der Waals surface area contributed by atoms with Crippen LogP contribution in [-0.2, 0) is 18.1 Å². The molecule has 2 N–H and O–H groups in total. The SMILES string of the molecule is COP(=O)(OB(O)O)OC(C)(C)C. The van der Waals surface area contributed by atoms with Crippen LogP contribution in [0, 0.1) is 0 Å². The van der Waals surface area contributed by atoms with Gasteiger partial charge >= 0.3 is 15.1 Å². The largest absolute Gasteiger partial charge is 0.642 e. The molecule has 0 heterocycles. The van der Waals surface area contributed by atoms with E-state index in [4.69, 9.17) is 14.6 Å². The third-order valence-corrected chi connectivity index (χ3v) is 2.50. The van der Waals surface area contributed by atoms with E-state index < -0.39 is 20.7 Å². The minimum Gasteiger partial charge on any atom is -0.401 e. The standard InChI is InChI=1S/C5H14BO6P/c1-5(2,3)11-13(9,10-4)12-6(7)8/h7-8H,1-4H3. The summed E-state index contributed by atoms with van der Waals surface area (Å²) >= 11 is 0. The van der Waals surface area contributed by atoms with Gasteiger partial charge in [-0.05, 0) is 20.8 Å². The average molecular weight is 212 g/mol. The topological polar surface area (TPSA) is 85.2 Å². The molecule has 0 spiro atoms. The molecule has 0 radical (unpaired) electrons. The molecular weight excluding hydrogens is 198 g/mol. The van der Waals surface area contributed by atoms with Gasteiger partial charge in [-0.1, -0.05) is 0 Å². The van der Waals surface area contributed by atoms with Gasteiger partial charge in [-0.2, -0.15) is 0 Å². The lowest BCUT2D eigenvalue weighted by atomic mass is 10.2. The third kappa shape index (κ3) is 6.20. The summed E-state index contributed by atoms with van der Waals surface area (Å²) in [6, 6.07) is 0. The number of hydrogen-bond donors (Lipinski definition) is 2. The van der Waals surface area contributed by atoms with Crippen LogP contribution >= 0.6 is 7.82 Å². The molecule has 78 valence electrons. The fourth-order valence-corrected chi connectivity index (χ4v) is 1.66. The molecule has 0 bridgehead atoms. The Balaban J connectivity index is 4.38. The van der Waals surface area contributed by atoms with E-state index in [1.54, 1.807) is 20.8 Å². The molecule has 0 aromatic rings. The van der Waals surface area contributed by atoms with E-state index in [2.05, 4.69) is 8.96 Å². The van der Waals surface area contributed by atoms with Gasteiger partial charge in [0.2, 0.25) is 0 Å². The smallest absolute Gasteiger partial charge is 0.401 e. The lowest BCUT2D eigenvalue weighted by molar-refractivity contribution is 0.0665. The highest BCUT2D eigenvalue weighted by Crippen LogP contribution is 2.51. The highest BCUT2D eigenvalue weighted by atomic mass is 31.2. The number of hydrogen-bond acceptors (Lipinski definition) is 6.